The van der Waals surface area contributed by atoms with Crippen LogP contribution < -0.4 is 9.64 Å². The van der Waals surface area contributed by atoms with Crippen molar-refractivity contribution in [3.63, 3.8) is 0 Å². The summed E-state index contributed by atoms with van der Waals surface area (Å²) in [5.74, 6) is 1.79. The molecule has 0 N–H and O–H groups in total. The molecule has 12 rings (SSSR count). The van der Waals surface area contributed by atoms with Gasteiger partial charge in [-0.2, -0.15) is 0 Å². The van der Waals surface area contributed by atoms with Crippen molar-refractivity contribution in [3.05, 3.63) is 247 Å². The minimum absolute atomic E-state index is 0.271. The minimum Gasteiger partial charge on any atom is -0.456 e. The van der Waals surface area contributed by atoms with E-state index in [2.05, 4.69) is 236 Å². The van der Waals surface area contributed by atoms with Crippen molar-refractivity contribution >= 4 is 27.8 Å². The summed E-state index contributed by atoms with van der Waals surface area (Å²) < 4.78 is 6.47. The lowest BCUT2D eigenvalue weighted by Gasteiger charge is -2.30. The molecule has 0 unspecified atom stereocenters. The van der Waals surface area contributed by atoms with Gasteiger partial charge in [0.1, 0.15) is 11.5 Å². The molecule has 2 heteroatoms. The van der Waals surface area contributed by atoms with E-state index in [-0.39, 0.29) is 5.41 Å². The van der Waals surface area contributed by atoms with Crippen molar-refractivity contribution in [2.45, 2.75) is 12.3 Å². The highest BCUT2D eigenvalue weighted by atomic mass is 16.5. The van der Waals surface area contributed by atoms with Gasteiger partial charge in [0, 0.05) is 33.4 Å². The van der Waals surface area contributed by atoms with Gasteiger partial charge in [0.25, 0.3) is 0 Å². The number of anilines is 3. The lowest BCUT2D eigenvalue weighted by Crippen LogP contribution is -2.22. The van der Waals surface area contributed by atoms with Crippen LogP contribution in [0, 0.1) is 0 Å². The highest BCUT2D eigenvalue weighted by molar-refractivity contribution is 6.10. The Morgan fingerprint density at radius 1 is 0.339 bits per heavy atom. The van der Waals surface area contributed by atoms with Gasteiger partial charge < -0.3 is 9.64 Å². The van der Waals surface area contributed by atoms with E-state index in [0.717, 1.165) is 45.1 Å². The zero-order valence-electron chi connectivity index (χ0n) is 34.3. The van der Waals surface area contributed by atoms with E-state index in [1.165, 1.54) is 66.6 Å². The second-order valence-electron chi connectivity index (χ2n) is 16.6. The fourth-order valence-electron chi connectivity index (χ4n) is 10.1. The van der Waals surface area contributed by atoms with E-state index in [9.17, 15) is 0 Å². The van der Waals surface area contributed by atoms with Gasteiger partial charge in [-0.05, 0) is 128 Å². The molecule has 0 saturated heterocycles. The number of hydrogen-bond donors (Lipinski definition) is 0. The summed E-state index contributed by atoms with van der Waals surface area (Å²) in [7, 11) is 0. The molecule has 0 radical (unpaired) electrons. The number of benzene rings is 10. The normalized spacial score (nSPS) is 12.9. The van der Waals surface area contributed by atoms with Crippen LogP contribution in [0.4, 0.5) is 17.1 Å². The minimum atomic E-state index is -0.271. The molecule has 0 spiro atoms. The Labute approximate surface area is 362 Å². The van der Waals surface area contributed by atoms with Crippen LogP contribution in [-0.2, 0) is 5.41 Å². The average molecular weight is 792 g/mol. The van der Waals surface area contributed by atoms with E-state index in [1.54, 1.807) is 0 Å². The average Bonchev–Trinajstić information content (AvgIpc) is 3.61. The van der Waals surface area contributed by atoms with Crippen molar-refractivity contribution < 1.29 is 4.74 Å². The van der Waals surface area contributed by atoms with Crippen LogP contribution in [0.5, 0.6) is 11.5 Å². The molecule has 0 amide bonds. The third-order valence-electron chi connectivity index (χ3n) is 13.2. The van der Waals surface area contributed by atoms with Gasteiger partial charge in [0.15, 0.2) is 0 Å². The Morgan fingerprint density at radius 3 is 1.53 bits per heavy atom. The molecule has 10 aromatic carbocycles. The lowest BCUT2D eigenvalue weighted by atomic mass is 9.74. The number of fused-ring (bicyclic) bond motifs is 5. The first kappa shape index (κ1) is 36.0. The van der Waals surface area contributed by atoms with Crippen LogP contribution in [0.25, 0.3) is 66.4 Å². The lowest BCUT2D eigenvalue weighted by molar-refractivity contribution is 0.487. The van der Waals surface area contributed by atoms with Crippen LogP contribution >= 0.6 is 0 Å². The molecular formula is C60H41NO. The zero-order chi connectivity index (χ0) is 41.2. The van der Waals surface area contributed by atoms with E-state index < -0.39 is 0 Å². The fraction of sp³-hybridized carbons (Fsp3) is 0.0333. The molecule has 2 aliphatic rings. The first-order chi connectivity index (χ1) is 30.6. The molecule has 0 bridgehead atoms. The summed E-state index contributed by atoms with van der Waals surface area (Å²) in [5.41, 5.74) is 19.0. The first-order valence-electron chi connectivity index (χ1n) is 21.4. The summed E-state index contributed by atoms with van der Waals surface area (Å²) in [6, 6.07) is 83.7. The molecule has 0 fully saturated rings. The Bertz CT molecular complexity index is 3270. The van der Waals surface area contributed by atoms with Crippen LogP contribution in [0.3, 0.4) is 0 Å². The van der Waals surface area contributed by atoms with Crippen molar-refractivity contribution in [3.8, 4) is 67.1 Å². The van der Waals surface area contributed by atoms with Gasteiger partial charge in [-0.1, -0.05) is 182 Å². The number of rotatable bonds is 7. The Hall–Kier alpha value is -7.94. The van der Waals surface area contributed by atoms with E-state index in [4.69, 9.17) is 4.74 Å². The molecule has 1 aliphatic carbocycles. The molecule has 0 saturated carbocycles. The van der Waals surface area contributed by atoms with Gasteiger partial charge in [-0.15, -0.1) is 0 Å². The number of ether oxygens (including phenoxy) is 1. The first-order valence-corrected chi connectivity index (χ1v) is 21.4. The maximum absolute atomic E-state index is 6.47. The smallest absolute Gasteiger partial charge is 0.135 e. The van der Waals surface area contributed by atoms with Gasteiger partial charge in [0.2, 0.25) is 0 Å². The SMILES string of the molecule is CC1(c2ccc(N(c3ccc(-c4ccc(-c5ccccc5)cc4)cc3)c3cccc(-c4ccc5c6c(cccc46)-c4ccccc4O5)c3)cc2)c2ccccc2-c2ccccc21. The Morgan fingerprint density at radius 2 is 0.855 bits per heavy atom. The molecule has 2 nitrogen and oxygen atoms in total. The van der Waals surface area contributed by atoms with Gasteiger partial charge in [-0.25, -0.2) is 0 Å². The monoisotopic (exact) mass is 791 g/mol. The fourth-order valence-corrected chi connectivity index (χ4v) is 10.1. The highest BCUT2D eigenvalue weighted by Crippen LogP contribution is 2.53. The maximum atomic E-state index is 6.47. The van der Waals surface area contributed by atoms with Crippen LogP contribution in [0.15, 0.2) is 231 Å². The molecule has 62 heavy (non-hydrogen) atoms. The van der Waals surface area contributed by atoms with Crippen molar-refractivity contribution in [1.82, 2.24) is 0 Å². The molecule has 10 aromatic rings. The Balaban J connectivity index is 0.961. The molecule has 1 heterocycles. The summed E-state index contributed by atoms with van der Waals surface area (Å²) in [4.78, 5) is 2.39. The van der Waals surface area contributed by atoms with Gasteiger partial charge in [-0.3, -0.25) is 0 Å². The number of hydrogen-bond acceptors (Lipinski definition) is 2. The van der Waals surface area contributed by atoms with Gasteiger partial charge >= 0.3 is 0 Å². The van der Waals surface area contributed by atoms with Gasteiger partial charge in [0.05, 0.1) is 0 Å². The van der Waals surface area contributed by atoms with Crippen molar-refractivity contribution in [1.29, 1.82) is 0 Å². The Kier molecular flexibility index (Phi) is 8.33. The van der Waals surface area contributed by atoms with Crippen molar-refractivity contribution in [2.24, 2.45) is 0 Å². The standard InChI is InChI=1S/C60H41NO/c1-60(55-22-8-5-17-50(55)51-18-6-9-23-56(51)60)45-31-35-47(36-32-45)61(46-33-29-43(30-34-46)42-27-25-41(26-28-42)40-13-3-2-4-14-40)48-16-11-15-44(39-48)49-37-38-58-59-53(49)20-12-21-54(59)52-19-7-10-24-57(52)62-58/h2-39H,1H3. The maximum Gasteiger partial charge on any atom is 0.135 e. The summed E-state index contributed by atoms with van der Waals surface area (Å²) >= 11 is 0. The van der Waals surface area contributed by atoms with Crippen LogP contribution in [-0.4, -0.2) is 0 Å². The number of nitrogens with zero attached hydrogens (tertiary/aromatic N) is 1. The second-order valence-corrected chi connectivity index (χ2v) is 16.6. The van der Waals surface area contributed by atoms with Crippen LogP contribution in [0.2, 0.25) is 0 Å². The van der Waals surface area contributed by atoms with Crippen molar-refractivity contribution in [2.75, 3.05) is 4.90 Å². The summed E-state index contributed by atoms with van der Waals surface area (Å²) in [5, 5.41) is 2.33. The third kappa shape index (κ3) is 5.72. The van der Waals surface area contributed by atoms with Crippen LogP contribution in [0.1, 0.15) is 23.6 Å². The molecule has 292 valence electrons. The molecular weight excluding hydrogens is 751 g/mol. The molecule has 1 aliphatic heterocycles. The third-order valence-corrected chi connectivity index (χ3v) is 13.2. The summed E-state index contributed by atoms with van der Waals surface area (Å²) in [6.07, 6.45) is 0. The highest BCUT2D eigenvalue weighted by Gasteiger charge is 2.40. The topological polar surface area (TPSA) is 12.5 Å². The predicted octanol–water partition coefficient (Wildman–Crippen LogP) is 16.4. The van der Waals surface area contributed by atoms with E-state index in [1.807, 2.05) is 6.07 Å². The number of para-hydroxylation sites is 1. The molecule has 0 aromatic heterocycles. The zero-order valence-corrected chi connectivity index (χ0v) is 34.3. The van der Waals surface area contributed by atoms with E-state index >= 15 is 0 Å². The predicted molar refractivity (Wildman–Crippen MR) is 258 cm³/mol. The summed E-state index contributed by atoms with van der Waals surface area (Å²) in [6.45, 7) is 2.38. The second kappa shape index (κ2) is 14.4. The largest absolute Gasteiger partial charge is 0.456 e. The quantitative estimate of drug-likeness (QED) is 0.159. The van der Waals surface area contributed by atoms with E-state index in [0.29, 0.717) is 0 Å². The molecule has 0 atom stereocenters.